The van der Waals surface area contributed by atoms with Crippen molar-refractivity contribution in [2.75, 3.05) is 26.2 Å². The molecule has 0 aliphatic carbocycles. The third-order valence-electron chi connectivity index (χ3n) is 3.66. The van der Waals surface area contributed by atoms with Crippen molar-refractivity contribution in [3.05, 3.63) is 42.4 Å². The summed E-state index contributed by atoms with van der Waals surface area (Å²) in [7, 11) is 0. The third-order valence-corrected chi connectivity index (χ3v) is 4.67. The van der Waals surface area contributed by atoms with Crippen LogP contribution >= 0.6 is 0 Å². The van der Waals surface area contributed by atoms with Gasteiger partial charge in [0.15, 0.2) is 0 Å². The first-order valence-electron chi connectivity index (χ1n) is 6.96. The molecule has 5 nitrogen and oxygen atoms in total. The predicted molar refractivity (Wildman–Crippen MR) is 83.1 cm³/mol. The van der Waals surface area contributed by atoms with Crippen LogP contribution in [-0.2, 0) is 6.54 Å². The van der Waals surface area contributed by atoms with Crippen molar-refractivity contribution >= 4 is 21.5 Å². The van der Waals surface area contributed by atoms with Crippen LogP contribution in [0.2, 0.25) is 0 Å². The molecule has 1 aromatic heterocycles. The number of piperazine rings is 1. The molecule has 1 fully saturated rings. The molecule has 0 amide bonds. The number of pyridine rings is 1. The van der Waals surface area contributed by atoms with Crippen LogP contribution in [-0.4, -0.2) is 68.6 Å². The number of aromatic nitrogens is 1. The van der Waals surface area contributed by atoms with Gasteiger partial charge in [-0.3, -0.25) is 0 Å². The molecule has 1 N–H and O–H groups in total. The van der Waals surface area contributed by atoms with Gasteiger partial charge in [0.1, 0.15) is 0 Å². The first-order valence-corrected chi connectivity index (χ1v) is 8.17. The van der Waals surface area contributed by atoms with Crippen molar-refractivity contribution in [3.8, 4) is 0 Å². The van der Waals surface area contributed by atoms with Gasteiger partial charge in [0.2, 0.25) is 0 Å². The van der Waals surface area contributed by atoms with Crippen molar-refractivity contribution in [2.24, 2.45) is 4.99 Å². The Labute approximate surface area is 128 Å². The summed E-state index contributed by atoms with van der Waals surface area (Å²) in [6, 6.07) is 6.07. The van der Waals surface area contributed by atoms with Crippen LogP contribution < -0.4 is 5.32 Å². The zero-order valence-corrected chi connectivity index (χ0v) is 13.9. The number of amidine groups is 1. The summed E-state index contributed by atoms with van der Waals surface area (Å²) >= 11 is 1.57. The maximum absolute atomic E-state index is 4.47. The van der Waals surface area contributed by atoms with Crippen molar-refractivity contribution < 1.29 is 0 Å². The second-order valence-electron chi connectivity index (χ2n) is 4.98. The molecule has 2 aliphatic heterocycles. The molecule has 106 valence electrons. The van der Waals surface area contributed by atoms with E-state index in [-0.39, 0.29) is 0 Å². The van der Waals surface area contributed by atoms with Gasteiger partial charge in [-0.15, -0.1) is 0 Å². The topological polar surface area (TPSA) is 43.8 Å². The fraction of sp³-hybridized carbons (Fsp3) is 0.429. The quantitative estimate of drug-likeness (QED) is 0.767. The van der Waals surface area contributed by atoms with Crippen LogP contribution in [0.3, 0.4) is 0 Å². The van der Waals surface area contributed by atoms with Crippen LogP contribution in [0.15, 0.2) is 41.7 Å². The first kappa shape index (κ1) is 13.8. The molecule has 2 atom stereocenters. The minimum atomic E-state index is 0.304. The summed E-state index contributed by atoms with van der Waals surface area (Å²) in [5, 5.41) is 3.41. The summed E-state index contributed by atoms with van der Waals surface area (Å²) in [6.07, 6.45) is 6.29. The minimum absolute atomic E-state index is 0.304. The molecule has 0 aromatic carbocycles. The summed E-state index contributed by atoms with van der Waals surface area (Å²) < 4.78 is 1.12. The first-order chi connectivity index (χ1) is 9.84. The van der Waals surface area contributed by atoms with E-state index in [1.54, 1.807) is 16.9 Å². The van der Waals surface area contributed by atoms with E-state index in [4.69, 9.17) is 0 Å². The third kappa shape index (κ3) is 3.11. The SMILES string of the molecule is [AsH2]C1=NC=CC(N2CCNCC2)N1Cc1ccccn1. The van der Waals surface area contributed by atoms with E-state index in [1.165, 1.54) is 0 Å². The van der Waals surface area contributed by atoms with Crippen molar-refractivity contribution in [1.82, 2.24) is 20.1 Å². The number of hydrogen-bond donors (Lipinski definition) is 1. The van der Waals surface area contributed by atoms with E-state index >= 15 is 0 Å². The summed E-state index contributed by atoms with van der Waals surface area (Å²) in [4.78, 5) is 13.8. The molecule has 6 heteroatoms. The van der Waals surface area contributed by atoms with Crippen LogP contribution in [0.25, 0.3) is 0 Å². The van der Waals surface area contributed by atoms with Gasteiger partial charge in [-0.05, 0) is 0 Å². The second kappa shape index (κ2) is 6.53. The summed E-state index contributed by atoms with van der Waals surface area (Å²) in [5.74, 6) is 0. The average Bonchev–Trinajstić information content (AvgIpc) is 2.51. The molecular weight excluding hydrogens is 313 g/mol. The molecule has 3 heterocycles. The van der Waals surface area contributed by atoms with E-state index in [2.05, 4.69) is 37.2 Å². The molecule has 2 aliphatic rings. The van der Waals surface area contributed by atoms with Crippen LogP contribution in [0.5, 0.6) is 0 Å². The number of nitrogens with one attached hydrogen (secondary N) is 1. The van der Waals surface area contributed by atoms with Gasteiger partial charge in [0.05, 0.1) is 0 Å². The van der Waals surface area contributed by atoms with Gasteiger partial charge in [0, 0.05) is 0 Å². The fourth-order valence-corrected chi connectivity index (χ4v) is 3.31. The molecule has 2 unspecified atom stereocenters. The molecule has 0 saturated carbocycles. The van der Waals surface area contributed by atoms with Gasteiger partial charge < -0.3 is 0 Å². The van der Waals surface area contributed by atoms with Crippen LogP contribution in [0.4, 0.5) is 0 Å². The molecular formula is C14H20AsN5. The number of nitrogens with zero attached hydrogens (tertiary/aromatic N) is 4. The van der Waals surface area contributed by atoms with Gasteiger partial charge in [-0.2, -0.15) is 0 Å². The number of hydrogen-bond acceptors (Lipinski definition) is 5. The Kier molecular flexibility index (Phi) is 4.50. The molecule has 1 aromatic rings. The Bertz CT molecular complexity index is 496. The monoisotopic (exact) mass is 333 g/mol. The number of aliphatic imine (C=N–C) groups is 1. The molecule has 0 spiro atoms. The van der Waals surface area contributed by atoms with Crippen molar-refractivity contribution in [1.29, 1.82) is 0 Å². The molecule has 3 rings (SSSR count). The van der Waals surface area contributed by atoms with Gasteiger partial charge in [-0.1, -0.05) is 0 Å². The van der Waals surface area contributed by atoms with E-state index in [0.29, 0.717) is 6.17 Å². The molecule has 20 heavy (non-hydrogen) atoms. The van der Waals surface area contributed by atoms with Crippen LogP contribution in [0.1, 0.15) is 5.69 Å². The van der Waals surface area contributed by atoms with Crippen molar-refractivity contribution in [2.45, 2.75) is 12.7 Å². The van der Waals surface area contributed by atoms with E-state index in [0.717, 1.165) is 43.0 Å². The van der Waals surface area contributed by atoms with E-state index < -0.39 is 0 Å². The molecule has 0 radical (unpaired) electrons. The standard InChI is InChI=1S/C14H20AsN5/c15-14-18-6-4-13(19-9-7-16-8-10-19)20(14)11-12-3-1-2-5-17-12/h1-6,13,16H,7-11,15H2. The van der Waals surface area contributed by atoms with Crippen molar-refractivity contribution in [3.63, 3.8) is 0 Å². The summed E-state index contributed by atoms with van der Waals surface area (Å²) in [5.41, 5.74) is 1.09. The Morgan fingerprint density at radius 2 is 2.15 bits per heavy atom. The zero-order valence-electron chi connectivity index (χ0n) is 11.4. The normalized spacial score (nSPS) is 23.8. The Hall–Kier alpha value is -1.16. The predicted octanol–water partition coefficient (Wildman–Crippen LogP) is -0.369. The van der Waals surface area contributed by atoms with Gasteiger partial charge >= 0.3 is 128 Å². The Morgan fingerprint density at radius 1 is 1.30 bits per heavy atom. The second-order valence-corrected chi connectivity index (χ2v) is 6.06. The van der Waals surface area contributed by atoms with E-state index in [9.17, 15) is 0 Å². The van der Waals surface area contributed by atoms with Gasteiger partial charge in [0.25, 0.3) is 0 Å². The summed E-state index contributed by atoms with van der Waals surface area (Å²) in [6.45, 7) is 5.09. The van der Waals surface area contributed by atoms with Crippen LogP contribution in [0, 0.1) is 0 Å². The zero-order chi connectivity index (χ0) is 13.8. The number of rotatable bonds is 3. The molecule has 0 bridgehead atoms. The fourth-order valence-electron chi connectivity index (χ4n) is 2.62. The Morgan fingerprint density at radius 3 is 2.90 bits per heavy atom. The maximum atomic E-state index is 4.47. The molecule has 1 saturated heterocycles. The average molecular weight is 333 g/mol. The van der Waals surface area contributed by atoms with Gasteiger partial charge in [-0.25, -0.2) is 0 Å². The Balaban J connectivity index is 1.77. The van der Waals surface area contributed by atoms with E-state index in [1.807, 2.05) is 24.5 Å².